The molecule has 2 aliphatic carbocycles. The molecule has 2 heterocycles. The van der Waals surface area contributed by atoms with E-state index in [0.29, 0.717) is 42.9 Å². The molecule has 3 aliphatic rings. The van der Waals surface area contributed by atoms with E-state index in [1.54, 1.807) is 23.0 Å². The summed E-state index contributed by atoms with van der Waals surface area (Å²) in [6.07, 6.45) is 2.05. The van der Waals surface area contributed by atoms with Crippen LogP contribution in [0.4, 0.5) is 18.9 Å². The number of ketones is 1. The van der Waals surface area contributed by atoms with Gasteiger partial charge in [0.05, 0.1) is 34.4 Å². The summed E-state index contributed by atoms with van der Waals surface area (Å²) in [4.78, 5) is 15.5. The van der Waals surface area contributed by atoms with Gasteiger partial charge in [-0.15, -0.1) is 0 Å². The number of hydrogen-bond donors (Lipinski definition) is 0. The number of hydrogen-bond acceptors (Lipinski definition) is 6. The molecule has 2 saturated carbocycles. The Kier molecular flexibility index (Phi) is 7.16. The van der Waals surface area contributed by atoms with Crippen molar-refractivity contribution in [2.45, 2.75) is 50.4 Å². The number of sulfone groups is 1. The highest BCUT2D eigenvalue weighted by Crippen LogP contribution is 2.52. The Morgan fingerprint density at radius 2 is 1.64 bits per heavy atom. The molecule has 0 radical (unpaired) electrons. The van der Waals surface area contributed by atoms with Crippen LogP contribution in [0, 0.1) is 28.5 Å². The van der Waals surface area contributed by atoms with Gasteiger partial charge in [0.1, 0.15) is 11.6 Å². The first-order valence-corrected chi connectivity index (χ1v) is 16.0. The van der Waals surface area contributed by atoms with Gasteiger partial charge >= 0.3 is 0 Å². The van der Waals surface area contributed by atoms with Crippen LogP contribution in [-0.2, 0) is 14.6 Å². The summed E-state index contributed by atoms with van der Waals surface area (Å²) in [5.41, 5.74) is 2.69. The lowest BCUT2D eigenvalue weighted by Gasteiger charge is -2.35. The Labute approximate surface area is 242 Å². The molecule has 11 heteroatoms. The van der Waals surface area contributed by atoms with Gasteiger partial charge in [0.25, 0.3) is 0 Å². The molecule has 6 rings (SSSR count). The van der Waals surface area contributed by atoms with E-state index in [0.717, 1.165) is 11.3 Å². The molecule has 3 fully saturated rings. The largest absolute Gasteiger partial charge is 0.369 e. The van der Waals surface area contributed by atoms with Crippen LogP contribution in [0.3, 0.4) is 0 Å². The second kappa shape index (κ2) is 10.6. The maximum absolute atomic E-state index is 14.7. The molecule has 1 aromatic heterocycles. The lowest BCUT2D eigenvalue weighted by molar-refractivity contribution is -0.132. The van der Waals surface area contributed by atoms with Gasteiger partial charge in [-0.05, 0) is 61.2 Å². The zero-order valence-electron chi connectivity index (χ0n) is 23.0. The van der Waals surface area contributed by atoms with Crippen molar-refractivity contribution >= 4 is 21.3 Å². The van der Waals surface area contributed by atoms with Crippen molar-refractivity contribution in [1.82, 2.24) is 9.78 Å². The van der Waals surface area contributed by atoms with E-state index < -0.39 is 45.2 Å². The lowest BCUT2D eigenvalue weighted by Crippen LogP contribution is -2.40. The quantitative estimate of drug-likeness (QED) is 0.348. The van der Waals surface area contributed by atoms with Gasteiger partial charge in [0.2, 0.25) is 5.92 Å². The average Bonchev–Trinajstić information content (AvgIpc) is 3.60. The van der Waals surface area contributed by atoms with Crippen LogP contribution in [0.2, 0.25) is 0 Å². The molecule has 2 atom stereocenters. The fraction of sp³-hybridized carbons (Fsp3) is 0.452. The molecule has 2 unspecified atom stereocenters. The third kappa shape index (κ3) is 5.82. The highest BCUT2D eigenvalue weighted by Gasteiger charge is 2.51. The van der Waals surface area contributed by atoms with Crippen molar-refractivity contribution in [1.29, 1.82) is 5.26 Å². The Hall–Kier alpha value is -3.65. The lowest BCUT2D eigenvalue weighted by atomic mass is 9.71. The van der Waals surface area contributed by atoms with Gasteiger partial charge in [0.15, 0.2) is 9.84 Å². The fourth-order valence-corrected chi connectivity index (χ4v) is 7.38. The summed E-state index contributed by atoms with van der Waals surface area (Å²) >= 11 is 0. The number of nitrogens with zero attached hydrogens (tertiary/aromatic N) is 4. The molecule has 42 heavy (non-hydrogen) atoms. The Morgan fingerprint density at radius 1 is 1.00 bits per heavy atom. The predicted octanol–water partition coefficient (Wildman–Crippen LogP) is 5.70. The number of nitriles is 1. The van der Waals surface area contributed by atoms with Crippen molar-refractivity contribution in [3.05, 3.63) is 66.2 Å². The molecule has 1 aliphatic heterocycles. The van der Waals surface area contributed by atoms with E-state index in [-0.39, 0.29) is 36.6 Å². The first-order chi connectivity index (χ1) is 20.0. The molecule has 0 spiro atoms. The number of halogens is 3. The third-order valence-electron chi connectivity index (χ3n) is 8.92. The minimum absolute atomic E-state index is 0.0327. The number of benzene rings is 2. The highest BCUT2D eigenvalue weighted by molar-refractivity contribution is 7.91. The normalized spacial score (nSPS) is 24.1. The molecule has 0 bridgehead atoms. The van der Waals surface area contributed by atoms with Crippen LogP contribution >= 0.6 is 0 Å². The number of anilines is 1. The van der Waals surface area contributed by atoms with Crippen molar-refractivity contribution < 1.29 is 26.4 Å². The van der Waals surface area contributed by atoms with E-state index in [2.05, 4.69) is 6.07 Å². The molecule has 3 aromatic rings. The van der Waals surface area contributed by atoms with Crippen LogP contribution < -0.4 is 4.90 Å². The summed E-state index contributed by atoms with van der Waals surface area (Å²) in [6, 6.07) is 15.5. The van der Waals surface area contributed by atoms with Gasteiger partial charge in [-0.3, -0.25) is 4.79 Å². The fourth-order valence-electron chi connectivity index (χ4n) is 6.18. The van der Waals surface area contributed by atoms with Crippen molar-refractivity contribution in [2.24, 2.45) is 11.3 Å². The zero-order chi connectivity index (χ0) is 29.7. The Balaban J connectivity index is 1.37. The standard InChI is InChI=1S/C31H31F3N4O3S/c32-22-3-7-24(8-4-22)38-19-27(21-1-5-23(6-2-21)37-13-15-42(40,41)16-14-37)29(36-38)25-9-10-31(33,34)17-26(25)28(39)18-30(20-35)11-12-30/h1-8,19,25-26H,9-18H2. The topological polar surface area (TPSA) is 96.1 Å². The summed E-state index contributed by atoms with van der Waals surface area (Å²) in [7, 11) is -3.02. The second-order valence-electron chi connectivity index (χ2n) is 11.9. The number of aromatic nitrogens is 2. The number of carbonyl (C=O) groups is 1. The smallest absolute Gasteiger partial charge is 0.248 e. The van der Waals surface area contributed by atoms with Crippen LogP contribution in [-0.4, -0.2) is 54.5 Å². The minimum Gasteiger partial charge on any atom is -0.369 e. The highest BCUT2D eigenvalue weighted by atomic mass is 32.2. The number of rotatable bonds is 7. The zero-order valence-corrected chi connectivity index (χ0v) is 23.8. The maximum Gasteiger partial charge on any atom is 0.248 e. The van der Waals surface area contributed by atoms with E-state index in [9.17, 15) is 31.6 Å². The molecule has 0 amide bonds. The van der Waals surface area contributed by atoms with E-state index in [4.69, 9.17) is 5.10 Å². The van der Waals surface area contributed by atoms with E-state index >= 15 is 0 Å². The summed E-state index contributed by atoms with van der Waals surface area (Å²) in [5.74, 6) is -5.07. The first-order valence-electron chi connectivity index (χ1n) is 14.2. The van der Waals surface area contributed by atoms with Crippen molar-refractivity contribution in [2.75, 3.05) is 29.5 Å². The first kappa shape index (κ1) is 28.5. The second-order valence-corrected chi connectivity index (χ2v) is 14.2. The molecule has 1 saturated heterocycles. The number of Topliss-reactive ketones (excluding diaryl/α,β-unsaturated/α-hetero) is 1. The average molecular weight is 597 g/mol. The summed E-state index contributed by atoms with van der Waals surface area (Å²) in [5, 5.41) is 14.4. The van der Waals surface area contributed by atoms with Crippen molar-refractivity contribution in [3.8, 4) is 22.9 Å². The van der Waals surface area contributed by atoms with E-state index in [1.807, 2.05) is 29.2 Å². The SMILES string of the molecule is N#CC1(CC(=O)C2CC(F)(F)CCC2c2nn(-c3ccc(F)cc3)cc2-c2ccc(N3CCS(=O)(=O)CC3)cc2)CC1. The van der Waals surface area contributed by atoms with Gasteiger partial charge in [0, 0.05) is 61.6 Å². The van der Waals surface area contributed by atoms with Crippen LogP contribution in [0.15, 0.2) is 54.7 Å². The van der Waals surface area contributed by atoms with Crippen LogP contribution in [0.25, 0.3) is 16.8 Å². The van der Waals surface area contributed by atoms with E-state index in [1.165, 1.54) is 12.1 Å². The molecular formula is C31H31F3N4O3S. The monoisotopic (exact) mass is 596 g/mol. The maximum atomic E-state index is 14.7. The molecule has 2 aromatic carbocycles. The van der Waals surface area contributed by atoms with Gasteiger partial charge in [-0.25, -0.2) is 26.3 Å². The Bertz CT molecular complexity index is 1630. The third-order valence-corrected chi connectivity index (χ3v) is 10.5. The number of carbonyl (C=O) groups excluding carboxylic acids is 1. The van der Waals surface area contributed by atoms with Crippen molar-refractivity contribution in [3.63, 3.8) is 0 Å². The van der Waals surface area contributed by atoms with Crippen LogP contribution in [0.5, 0.6) is 0 Å². The molecular weight excluding hydrogens is 565 g/mol. The summed E-state index contributed by atoms with van der Waals surface area (Å²) in [6.45, 7) is 0.805. The van der Waals surface area contributed by atoms with Gasteiger partial charge in [-0.2, -0.15) is 10.4 Å². The predicted molar refractivity (Wildman–Crippen MR) is 152 cm³/mol. The summed E-state index contributed by atoms with van der Waals surface area (Å²) < 4.78 is 68.4. The Morgan fingerprint density at radius 3 is 2.26 bits per heavy atom. The number of alkyl halides is 2. The van der Waals surface area contributed by atoms with Gasteiger partial charge < -0.3 is 4.90 Å². The molecule has 7 nitrogen and oxygen atoms in total. The minimum atomic E-state index is -3.02. The van der Waals surface area contributed by atoms with Gasteiger partial charge in [-0.1, -0.05) is 12.1 Å². The molecule has 220 valence electrons. The van der Waals surface area contributed by atoms with Crippen LogP contribution in [0.1, 0.15) is 50.1 Å². The molecule has 0 N–H and O–H groups in total.